The van der Waals surface area contributed by atoms with Crippen molar-refractivity contribution in [1.29, 1.82) is 0 Å². The van der Waals surface area contributed by atoms with Crippen LogP contribution in [0.4, 0.5) is 0 Å². The van der Waals surface area contributed by atoms with Crippen LogP contribution >= 0.6 is 0 Å². The molecule has 0 amide bonds. The second kappa shape index (κ2) is 9.14. The number of nitrogens with zero attached hydrogens (tertiary/aromatic N) is 2. The molecule has 0 N–H and O–H groups in total. The molecule has 0 aliphatic carbocycles. The molecule has 2 fully saturated rings. The Balaban J connectivity index is 1.53. The SMILES string of the molecule is COCCOc1ccc(S(=O)(=O)N2CCN(C[C@H]3CCOC3)CC2)cc1. The van der Waals surface area contributed by atoms with Gasteiger partial charge in [0.2, 0.25) is 10.0 Å². The number of hydrogen-bond acceptors (Lipinski definition) is 6. The molecular formula is C18H28N2O5S. The Morgan fingerprint density at radius 1 is 1.12 bits per heavy atom. The summed E-state index contributed by atoms with van der Waals surface area (Å²) in [6.07, 6.45) is 1.11. The highest BCUT2D eigenvalue weighted by atomic mass is 32.2. The van der Waals surface area contributed by atoms with Gasteiger partial charge in [-0.3, -0.25) is 0 Å². The third-order valence-electron chi connectivity index (χ3n) is 4.89. The summed E-state index contributed by atoms with van der Waals surface area (Å²) in [6, 6.07) is 6.61. The van der Waals surface area contributed by atoms with E-state index >= 15 is 0 Å². The van der Waals surface area contributed by atoms with Crippen LogP contribution in [0, 0.1) is 5.92 Å². The molecule has 2 aliphatic heterocycles. The zero-order valence-electron chi connectivity index (χ0n) is 15.3. The van der Waals surface area contributed by atoms with Crippen LogP contribution in [-0.4, -0.2) is 83.9 Å². The lowest BCUT2D eigenvalue weighted by atomic mass is 10.1. The molecule has 2 aliphatic rings. The van der Waals surface area contributed by atoms with Crippen molar-refractivity contribution in [3.63, 3.8) is 0 Å². The maximum atomic E-state index is 12.8. The molecule has 0 radical (unpaired) electrons. The molecule has 0 bridgehead atoms. The van der Waals surface area contributed by atoms with Crippen LogP contribution < -0.4 is 4.74 Å². The third kappa shape index (κ3) is 4.95. The van der Waals surface area contributed by atoms with E-state index in [2.05, 4.69) is 4.90 Å². The Labute approximate surface area is 155 Å². The van der Waals surface area contributed by atoms with E-state index in [1.165, 1.54) is 0 Å². The van der Waals surface area contributed by atoms with E-state index in [-0.39, 0.29) is 0 Å². The fraction of sp³-hybridized carbons (Fsp3) is 0.667. The lowest BCUT2D eigenvalue weighted by Gasteiger charge is -2.35. The second-order valence-corrected chi connectivity index (χ2v) is 8.68. The standard InChI is InChI=1S/C18H28N2O5S/c1-23-12-13-25-17-2-4-18(5-3-17)26(21,22)20-9-7-19(8-10-20)14-16-6-11-24-15-16/h2-5,16H,6-15H2,1H3/t16-/m1/s1. The molecule has 2 heterocycles. The Morgan fingerprint density at radius 2 is 1.85 bits per heavy atom. The first-order valence-electron chi connectivity index (χ1n) is 9.11. The molecule has 1 aromatic rings. The molecular weight excluding hydrogens is 356 g/mol. The van der Waals surface area contributed by atoms with Gasteiger partial charge in [-0.2, -0.15) is 4.31 Å². The van der Waals surface area contributed by atoms with Gasteiger partial charge in [0.05, 0.1) is 18.1 Å². The van der Waals surface area contributed by atoms with Gasteiger partial charge in [-0.1, -0.05) is 0 Å². The van der Waals surface area contributed by atoms with Crippen LogP contribution in [0.1, 0.15) is 6.42 Å². The minimum absolute atomic E-state index is 0.314. The highest BCUT2D eigenvalue weighted by Gasteiger charge is 2.29. The molecule has 146 valence electrons. The first-order chi connectivity index (χ1) is 12.6. The Bertz CT molecular complexity index is 651. The Morgan fingerprint density at radius 3 is 2.46 bits per heavy atom. The number of sulfonamides is 1. The van der Waals surface area contributed by atoms with E-state index in [0.29, 0.717) is 42.9 Å². The number of piperazine rings is 1. The first kappa shape index (κ1) is 19.6. The van der Waals surface area contributed by atoms with Crippen molar-refractivity contribution < 1.29 is 22.6 Å². The summed E-state index contributed by atoms with van der Waals surface area (Å²) in [5.74, 6) is 1.23. The van der Waals surface area contributed by atoms with Crippen LogP contribution in [0.15, 0.2) is 29.2 Å². The molecule has 7 nitrogen and oxygen atoms in total. The number of ether oxygens (including phenoxy) is 3. The van der Waals surface area contributed by atoms with Crippen molar-refractivity contribution in [2.45, 2.75) is 11.3 Å². The van der Waals surface area contributed by atoms with Gasteiger partial charge in [-0.15, -0.1) is 0 Å². The molecule has 2 saturated heterocycles. The third-order valence-corrected chi connectivity index (χ3v) is 6.80. The number of hydrogen-bond donors (Lipinski definition) is 0. The predicted octanol–water partition coefficient (Wildman–Crippen LogP) is 1.05. The van der Waals surface area contributed by atoms with Crippen LogP contribution in [0.3, 0.4) is 0 Å². The van der Waals surface area contributed by atoms with Gasteiger partial charge in [0, 0.05) is 46.4 Å². The van der Waals surface area contributed by atoms with Crippen molar-refractivity contribution in [1.82, 2.24) is 9.21 Å². The smallest absolute Gasteiger partial charge is 0.243 e. The molecule has 26 heavy (non-hydrogen) atoms. The van der Waals surface area contributed by atoms with Gasteiger partial charge in [-0.25, -0.2) is 8.42 Å². The number of benzene rings is 1. The van der Waals surface area contributed by atoms with E-state index in [4.69, 9.17) is 14.2 Å². The van der Waals surface area contributed by atoms with Crippen LogP contribution in [0.5, 0.6) is 5.75 Å². The predicted molar refractivity (Wildman–Crippen MR) is 97.9 cm³/mol. The fourth-order valence-electron chi connectivity index (χ4n) is 3.34. The van der Waals surface area contributed by atoms with Crippen LogP contribution in [-0.2, 0) is 19.5 Å². The second-order valence-electron chi connectivity index (χ2n) is 6.75. The highest BCUT2D eigenvalue weighted by Crippen LogP contribution is 2.22. The van der Waals surface area contributed by atoms with Crippen LogP contribution in [0.25, 0.3) is 0 Å². The lowest BCUT2D eigenvalue weighted by Crippen LogP contribution is -2.49. The molecule has 1 atom stereocenters. The summed E-state index contributed by atoms with van der Waals surface area (Å²) in [6.45, 7) is 6.22. The topological polar surface area (TPSA) is 68.3 Å². The van der Waals surface area contributed by atoms with Crippen molar-refractivity contribution in [3.05, 3.63) is 24.3 Å². The first-order valence-corrected chi connectivity index (χ1v) is 10.6. The van der Waals surface area contributed by atoms with Crippen molar-refractivity contribution in [3.8, 4) is 5.75 Å². The maximum Gasteiger partial charge on any atom is 0.243 e. The van der Waals surface area contributed by atoms with E-state index in [1.807, 2.05) is 0 Å². The molecule has 8 heteroatoms. The minimum atomic E-state index is -3.45. The maximum absolute atomic E-state index is 12.8. The average Bonchev–Trinajstić information content (AvgIpc) is 3.16. The van der Waals surface area contributed by atoms with Gasteiger partial charge in [0.1, 0.15) is 12.4 Å². The Kier molecular flexibility index (Phi) is 6.88. The normalized spacial score (nSPS) is 22.6. The van der Waals surface area contributed by atoms with Crippen molar-refractivity contribution in [2.24, 2.45) is 5.92 Å². The fourth-order valence-corrected chi connectivity index (χ4v) is 4.77. The number of methoxy groups -OCH3 is 1. The Hall–Kier alpha value is -1.19. The van der Waals surface area contributed by atoms with Gasteiger partial charge >= 0.3 is 0 Å². The van der Waals surface area contributed by atoms with Gasteiger partial charge < -0.3 is 19.1 Å². The molecule has 0 unspecified atom stereocenters. The number of rotatable bonds is 8. The zero-order valence-corrected chi connectivity index (χ0v) is 16.1. The summed E-state index contributed by atoms with van der Waals surface area (Å²) in [7, 11) is -1.84. The highest BCUT2D eigenvalue weighted by molar-refractivity contribution is 7.89. The van der Waals surface area contributed by atoms with Crippen molar-refractivity contribution in [2.75, 3.05) is 66.3 Å². The molecule has 0 spiro atoms. The van der Waals surface area contributed by atoms with Crippen molar-refractivity contribution >= 4 is 10.0 Å². The van der Waals surface area contributed by atoms with E-state index in [1.54, 1.807) is 35.7 Å². The molecule has 0 saturated carbocycles. The zero-order chi connectivity index (χ0) is 18.4. The largest absolute Gasteiger partial charge is 0.491 e. The molecule has 1 aromatic carbocycles. The summed E-state index contributed by atoms with van der Waals surface area (Å²) < 4.78 is 43.1. The molecule has 3 rings (SSSR count). The minimum Gasteiger partial charge on any atom is -0.491 e. The van der Waals surface area contributed by atoms with Gasteiger partial charge in [-0.05, 0) is 36.6 Å². The quantitative estimate of drug-likeness (QED) is 0.624. The van der Waals surface area contributed by atoms with E-state index in [9.17, 15) is 8.42 Å². The average molecular weight is 384 g/mol. The van der Waals surface area contributed by atoms with Gasteiger partial charge in [0.15, 0.2) is 0 Å². The van der Waals surface area contributed by atoms with E-state index < -0.39 is 10.0 Å². The van der Waals surface area contributed by atoms with E-state index in [0.717, 1.165) is 39.3 Å². The van der Waals surface area contributed by atoms with Crippen LogP contribution in [0.2, 0.25) is 0 Å². The lowest BCUT2D eigenvalue weighted by molar-refractivity contribution is 0.143. The van der Waals surface area contributed by atoms with Gasteiger partial charge in [0.25, 0.3) is 0 Å². The summed E-state index contributed by atoms with van der Waals surface area (Å²) in [4.78, 5) is 2.66. The molecule has 0 aromatic heterocycles. The monoisotopic (exact) mass is 384 g/mol. The summed E-state index contributed by atoms with van der Waals surface area (Å²) in [5, 5.41) is 0. The summed E-state index contributed by atoms with van der Waals surface area (Å²) in [5.41, 5.74) is 0. The summed E-state index contributed by atoms with van der Waals surface area (Å²) >= 11 is 0.